The molecule has 0 aromatic heterocycles. The van der Waals surface area contributed by atoms with Crippen molar-refractivity contribution in [2.24, 2.45) is 10.9 Å². The number of amidine groups is 1. The number of oxime groups is 1. The van der Waals surface area contributed by atoms with Gasteiger partial charge in [-0.3, -0.25) is 4.79 Å². The minimum absolute atomic E-state index is 0.00311. The van der Waals surface area contributed by atoms with Gasteiger partial charge in [-0.2, -0.15) is 0 Å². The summed E-state index contributed by atoms with van der Waals surface area (Å²) in [5.74, 6) is -0.0905. The number of hydrogen-bond acceptors (Lipinski definition) is 4. The molecule has 1 fully saturated rings. The Morgan fingerprint density at radius 2 is 2.06 bits per heavy atom. The van der Waals surface area contributed by atoms with E-state index < -0.39 is 0 Å². The van der Waals surface area contributed by atoms with Crippen molar-refractivity contribution in [1.82, 2.24) is 9.80 Å². The van der Waals surface area contributed by atoms with Crippen molar-refractivity contribution in [2.45, 2.75) is 25.3 Å². The van der Waals surface area contributed by atoms with Gasteiger partial charge < -0.3 is 20.7 Å². The summed E-state index contributed by atoms with van der Waals surface area (Å²) in [5, 5.41) is 11.2. The van der Waals surface area contributed by atoms with Crippen LogP contribution in [0.15, 0.2) is 5.16 Å². The fraction of sp³-hybridized carbons (Fsp3) is 0.800. The van der Waals surface area contributed by atoms with Gasteiger partial charge in [-0.1, -0.05) is 5.16 Å². The smallest absolute Gasteiger partial charge is 0.230 e. The minimum Gasteiger partial charge on any atom is -0.409 e. The zero-order valence-corrected chi connectivity index (χ0v) is 9.89. The first-order valence-electron chi connectivity index (χ1n) is 5.45. The Labute approximate surface area is 95.7 Å². The second kappa shape index (κ2) is 5.69. The molecule has 1 heterocycles. The molecule has 1 rings (SSSR count). The van der Waals surface area contributed by atoms with Gasteiger partial charge in [-0.25, -0.2) is 0 Å². The third kappa shape index (κ3) is 3.37. The number of nitrogens with zero attached hydrogens (tertiary/aromatic N) is 3. The summed E-state index contributed by atoms with van der Waals surface area (Å²) in [6.07, 6.45) is 1.97. The molecule has 0 bridgehead atoms. The van der Waals surface area contributed by atoms with Crippen molar-refractivity contribution in [3.8, 4) is 0 Å². The number of likely N-dealkylation sites (tertiary alicyclic amines) is 1. The Kier molecular flexibility index (Phi) is 4.54. The van der Waals surface area contributed by atoms with Gasteiger partial charge in [0.05, 0.1) is 6.42 Å². The van der Waals surface area contributed by atoms with Crippen LogP contribution in [-0.2, 0) is 4.79 Å². The molecule has 1 amide bonds. The third-order valence-corrected chi connectivity index (χ3v) is 3.01. The predicted octanol–water partition coefficient (Wildman–Crippen LogP) is -0.324. The molecule has 0 saturated carbocycles. The van der Waals surface area contributed by atoms with E-state index in [1.54, 1.807) is 4.90 Å². The molecule has 16 heavy (non-hydrogen) atoms. The van der Waals surface area contributed by atoms with E-state index in [0.717, 1.165) is 25.9 Å². The summed E-state index contributed by atoms with van der Waals surface area (Å²) in [5.41, 5.74) is 5.30. The molecule has 6 heteroatoms. The molecule has 0 aromatic carbocycles. The van der Waals surface area contributed by atoms with E-state index in [0.29, 0.717) is 6.04 Å². The van der Waals surface area contributed by atoms with Crippen LogP contribution in [0.25, 0.3) is 0 Å². The lowest BCUT2D eigenvalue weighted by Gasteiger charge is -2.35. The summed E-state index contributed by atoms with van der Waals surface area (Å²) in [6.45, 7) is 1.50. The molecule has 0 spiro atoms. The van der Waals surface area contributed by atoms with Crippen molar-refractivity contribution in [3.05, 3.63) is 0 Å². The van der Waals surface area contributed by atoms with Gasteiger partial charge in [0.2, 0.25) is 5.91 Å². The lowest BCUT2D eigenvalue weighted by atomic mass is 10.0. The number of hydrogen-bond donors (Lipinski definition) is 2. The number of rotatable bonds is 3. The zero-order valence-electron chi connectivity index (χ0n) is 9.89. The Morgan fingerprint density at radius 3 is 2.50 bits per heavy atom. The van der Waals surface area contributed by atoms with Crippen LogP contribution in [0.3, 0.4) is 0 Å². The van der Waals surface area contributed by atoms with Gasteiger partial charge in [0, 0.05) is 19.1 Å². The predicted molar refractivity (Wildman–Crippen MR) is 61.3 cm³/mol. The first-order valence-corrected chi connectivity index (χ1v) is 5.45. The van der Waals surface area contributed by atoms with Gasteiger partial charge in [0.1, 0.15) is 5.84 Å². The number of nitrogens with two attached hydrogens (primary N) is 1. The van der Waals surface area contributed by atoms with Crippen LogP contribution in [-0.4, -0.2) is 60.0 Å². The third-order valence-electron chi connectivity index (χ3n) is 3.01. The fourth-order valence-electron chi connectivity index (χ4n) is 1.93. The lowest BCUT2D eigenvalue weighted by Crippen LogP contribution is -2.45. The average Bonchev–Trinajstić information content (AvgIpc) is 2.28. The Bertz CT molecular complexity index is 270. The van der Waals surface area contributed by atoms with Gasteiger partial charge in [0.25, 0.3) is 0 Å². The summed E-state index contributed by atoms with van der Waals surface area (Å²) < 4.78 is 0. The second-order valence-corrected chi connectivity index (χ2v) is 4.34. The van der Waals surface area contributed by atoms with Crippen LogP contribution >= 0.6 is 0 Å². The highest BCUT2D eigenvalue weighted by molar-refractivity contribution is 5.98. The van der Waals surface area contributed by atoms with E-state index in [1.165, 1.54) is 0 Å². The first-order chi connectivity index (χ1) is 7.54. The van der Waals surface area contributed by atoms with Crippen molar-refractivity contribution in [1.29, 1.82) is 0 Å². The standard InChI is InChI=1S/C10H20N4O2/c1-13(2)8-3-5-14(6-4-8)10(15)7-9(11)12-16/h8,16H,3-7H2,1-2H3,(H2,11,12). The van der Waals surface area contributed by atoms with Gasteiger partial charge in [-0.05, 0) is 26.9 Å². The quantitative estimate of drug-likeness (QED) is 0.300. The molecule has 1 saturated heterocycles. The first kappa shape index (κ1) is 12.8. The molecule has 1 aliphatic heterocycles. The molecular formula is C10H20N4O2. The molecule has 0 atom stereocenters. The molecule has 1 aliphatic rings. The van der Waals surface area contributed by atoms with Crippen LogP contribution in [0, 0.1) is 0 Å². The van der Waals surface area contributed by atoms with E-state index >= 15 is 0 Å². The van der Waals surface area contributed by atoms with E-state index in [-0.39, 0.29) is 18.2 Å². The Morgan fingerprint density at radius 1 is 1.50 bits per heavy atom. The summed E-state index contributed by atoms with van der Waals surface area (Å²) in [6, 6.07) is 0.549. The maximum absolute atomic E-state index is 11.7. The molecule has 6 nitrogen and oxygen atoms in total. The number of amides is 1. The van der Waals surface area contributed by atoms with E-state index in [4.69, 9.17) is 10.9 Å². The van der Waals surface area contributed by atoms with Crippen LogP contribution in [0.5, 0.6) is 0 Å². The molecule has 0 radical (unpaired) electrons. The maximum Gasteiger partial charge on any atom is 0.230 e. The van der Waals surface area contributed by atoms with Crippen LogP contribution in [0.4, 0.5) is 0 Å². The van der Waals surface area contributed by atoms with E-state index in [2.05, 4.69) is 24.2 Å². The fourth-order valence-corrected chi connectivity index (χ4v) is 1.93. The van der Waals surface area contributed by atoms with Gasteiger partial charge in [-0.15, -0.1) is 0 Å². The monoisotopic (exact) mass is 228 g/mol. The van der Waals surface area contributed by atoms with E-state index in [9.17, 15) is 4.79 Å². The topological polar surface area (TPSA) is 82.2 Å². The molecule has 0 aliphatic carbocycles. The minimum atomic E-state index is -0.0625. The maximum atomic E-state index is 11.7. The number of carbonyl (C=O) groups is 1. The Hall–Kier alpha value is -1.30. The number of carbonyl (C=O) groups excluding carboxylic acids is 1. The highest BCUT2D eigenvalue weighted by Crippen LogP contribution is 2.14. The van der Waals surface area contributed by atoms with Crippen LogP contribution in [0.2, 0.25) is 0 Å². The van der Waals surface area contributed by atoms with Crippen molar-refractivity contribution in [3.63, 3.8) is 0 Å². The largest absolute Gasteiger partial charge is 0.409 e. The highest BCUT2D eigenvalue weighted by Gasteiger charge is 2.24. The summed E-state index contributed by atoms with van der Waals surface area (Å²) in [7, 11) is 4.11. The molecule has 0 aromatic rings. The lowest BCUT2D eigenvalue weighted by molar-refractivity contribution is -0.131. The van der Waals surface area contributed by atoms with Crippen molar-refractivity contribution in [2.75, 3.05) is 27.2 Å². The molecule has 92 valence electrons. The normalized spacial score (nSPS) is 19.2. The molecule has 0 unspecified atom stereocenters. The van der Waals surface area contributed by atoms with Crippen molar-refractivity contribution >= 4 is 11.7 Å². The van der Waals surface area contributed by atoms with E-state index in [1.807, 2.05) is 0 Å². The average molecular weight is 228 g/mol. The number of piperidine rings is 1. The molecular weight excluding hydrogens is 208 g/mol. The van der Waals surface area contributed by atoms with Gasteiger partial charge in [0.15, 0.2) is 0 Å². The van der Waals surface area contributed by atoms with Crippen LogP contribution in [0.1, 0.15) is 19.3 Å². The highest BCUT2D eigenvalue weighted by atomic mass is 16.4. The second-order valence-electron chi connectivity index (χ2n) is 4.34. The summed E-state index contributed by atoms with van der Waals surface area (Å²) in [4.78, 5) is 15.6. The SMILES string of the molecule is CN(C)C1CCN(C(=O)C/C(N)=N/O)CC1. The van der Waals surface area contributed by atoms with Crippen molar-refractivity contribution < 1.29 is 10.0 Å². The molecule has 3 N–H and O–H groups in total. The summed E-state index contributed by atoms with van der Waals surface area (Å²) >= 11 is 0. The zero-order chi connectivity index (χ0) is 12.1. The van der Waals surface area contributed by atoms with Crippen LogP contribution < -0.4 is 5.73 Å². The Balaban J connectivity index is 2.39. The van der Waals surface area contributed by atoms with Gasteiger partial charge >= 0.3 is 0 Å².